The Bertz CT molecular complexity index is 669. The molecule has 0 spiro atoms. The number of para-hydroxylation sites is 1. The first-order valence-electron chi connectivity index (χ1n) is 8.38. The van der Waals surface area contributed by atoms with E-state index in [2.05, 4.69) is 15.3 Å². The fourth-order valence-electron chi connectivity index (χ4n) is 2.82. The highest BCUT2D eigenvalue weighted by atomic mass is 16.5. The van der Waals surface area contributed by atoms with Crippen LogP contribution in [0, 0.1) is 0 Å². The van der Waals surface area contributed by atoms with Crippen LogP contribution in [-0.4, -0.2) is 52.8 Å². The molecule has 132 valence electrons. The van der Waals surface area contributed by atoms with Crippen molar-refractivity contribution in [3.63, 3.8) is 0 Å². The van der Waals surface area contributed by atoms with E-state index in [-0.39, 0.29) is 18.4 Å². The zero-order valence-corrected chi connectivity index (χ0v) is 13.9. The predicted molar refractivity (Wildman–Crippen MR) is 93.4 cm³/mol. The highest BCUT2D eigenvalue weighted by Crippen LogP contribution is 2.17. The van der Waals surface area contributed by atoms with Crippen molar-refractivity contribution in [2.75, 3.05) is 24.6 Å². The first-order valence-corrected chi connectivity index (χ1v) is 8.38. The molecule has 0 aliphatic carbocycles. The number of carbonyl (C=O) groups excluding carboxylic acids is 1. The topological polar surface area (TPSA) is 87.6 Å². The van der Waals surface area contributed by atoms with Gasteiger partial charge in [-0.05, 0) is 18.6 Å². The molecule has 0 radical (unpaired) electrons. The zero-order chi connectivity index (χ0) is 17.5. The van der Waals surface area contributed by atoms with Crippen molar-refractivity contribution < 1.29 is 14.6 Å². The Morgan fingerprint density at radius 3 is 2.88 bits per heavy atom. The summed E-state index contributed by atoms with van der Waals surface area (Å²) in [6, 6.07) is 9.13. The maximum absolute atomic E-state index is 12.1. The number of amides is 1. The number of nitrogens with one attached hydrogen (secondary N) is 1. The Kier molecular flexibility index (Phi) is 5.79. The number of anilines is 1. The van der Waals surface area contributed by atoms with Crippen molar-refractivity contribution >= 4 is 11.7 Å². The molecular weight excluding hydrogens is 320 g/mol. The van der Waals surface area contributed by atoms with Crippen LogP contribution in [-0.2, 0) is 4.79 Å². The number of β-amino-alcohol motifs (C(OH)–C–C–N with tert-alkyl or cyclic N) is 1. The highest BCUT2D eigenvalue weighted by Gasteiger charge is 2.29. The number of ether oxygens (including phenoxy) is 1. The van der Waals surface area contributed by atoms with Gasteiger partial charge in [0.05, 0.1) is 31.4 Å². The first kappa shape index (κ1) is 17.2. The van der Waals surface area contributed by atoms with Crippen molar-refractivity contribution in [1.29, 1.82) is 0 Å². The average Bonchev–Trinajstić information content (AvgIpc) is 2.65. The number of nitrogens with zero attached hydrogens (tertiary/aromatic N) is 3. The summed E-state index contributed by atoms with van der Waals surface area (Å²) in [6.07, 6.45) is 5.18. The minimum absolute atomic E-state index is 0.118. The molecule has 1 saturated heterocycles. The van der Waals surface area contributed by atoms with Gasteiger partial charge in [-0.1, -0.05) is 18.2 Å². The lowest BCUT2D eigenvalue weighted by Crippen LogP contribution is -2.54. The lowest BCUT2D eigenvalue weighted by molar-refractivity contribution is -0.123. The van der Waals surface area contributed by atoms with E-state index in [4.69, 9.17) is 4.74 Å². The highest BCUT2D eigenvalue weighted by molar-refractivity contribution is 5.76. The van der Waals surface area contributed by atoms with Crippen molar-refractivity contribution in [3.8, 4) is 5.75 Å². The molecular formula is C18H22N4O3. The third-order valence-electron chi connectivity index (χ3n) is 4.14. The molecule has 0 bridgehead atoms. The number of carbonyl (C=O) groups is 1. The summed E-state index contributed by atoms with van der Waals surface area (Å²) < 4.78 is 5.52. The van der Waals surface area contributed by atoms with Crippen LogP contribution in [0.4, 0.5) is 5.82 Å². The quantitative estimate of drug-likeness (QED) is 0.814. The smallest absolute Gasteiger partial charge is 0.223 e. The van der Waals surface area contributed by atoms with E-state index in [1.54, 1.807) is 18.6 Å². The van der Waals surface area contributed by atoms with Gasteiger partial charge in [-0.3, -0.25) is 9.78 Å². The van der Waals surface area contributed by atoms with Crippen molar-refractivity contribution in [3.05, 3.63) is 48.9 Å². The fraction of sp³-hybridized carbons (Fsp3) is 0.389. The molecule has 0 saturated carbocycles. The molecule has 2 atom stereocenters. The second-order valence-corrected chi connectivity index (χ2v) is 5.95. The Hall–Kier alpha value is -2.67. The van der Waals surface area contributed by atoms with Gasteiger partial charge in [0.2, 0.25) is 5.91 Å². The summed E-state index contributed by atoms with van der Waals surface area (Å²) in [4.78, 5) is 22.3. The number of aromatic nitrogens is 2. The third-order valence-corrected chi connectivity index (χ3v) is 4.14. The zero-order valence-electron chi connectivity index (χ0n) is 13.9. The van der Waals surface area contributed by atoms with Crippen LogP contribution in [0.2, 0.25) is 0 Å². The molecule has 25 heavy (non-hydrogen) atoms. The second kappa shape index (κ2) is 8.43. The third kappa shape index (κ3) is 4.90. The Balaban J connectivity index is 1.42. The lowest BCUT2D eigenvalue weighted by Gasteiger charge is -2.36. The molecule has 2 N–H and O–H groups in total. The Labute approximate surface area is 146 Å². The van der Waals surface area contributed by atoms with Gasteiger partial charge in [-0.25, -0.2) is 4.98 Å². The average molecular weight is 342 g/mol. The van der Waals surface area contributed by atoms with Gasteiger partial charge >= 0.3 is 0 Å². The Morgan fingerprint density at radius 2 is 2.16 bits per heavy atom. The number of aliphatic hydroxyl groups is 1. The van der Waals surface area contributed by atoms with Gasteiger partial charge in [0.1, 0.15) is 11.6 Å². The normalized spacial score (nSPS) is 20.1. The largest absolute Gasteiger partial charge is 0.493 e. The number of hydrogen-bond donors (Lipinski definition) is 2. The number of hydrogen-bond acceptors (Lipinski definition) is 6. The minimum atomic E-state index is -0.644. The molecule has 3 rings (SSSR count). The maximum atomic E-state index is 12.1. The number of piperidine rings is 1. The lowest BCUT2D eigenvalue weighted by atomic mass is 10.0. The van der Waals surface area contributed by atoms with E-state index in [9.17, 15) is 9.90 Å². The van der Waals surface area contributed by atoms with Gasteiger partial charge in [-0.15, -0.1) is 0 Å². The summed E-state index contributed by atoms with van der Waals surface area (Å²) in [5.74, 6) is 1.36. The molecule has 1 aliphatic heterocycles. The molecule has 7 heteroatoms. The SMILES string of the molecule is O=C(CCOc1ccccc1)NC1CCN(c2cnccn2)CC1O. The van der Waals surface area contributed by atoms with E-state index >= 15 is 0 Å². The maximum Gasteiger partial charge on any atom is 0.223 e. The molecule has 7 nitrogen and oxygen atoms in total. The second-order valence-electron chi connectivity index (χ2n) is 5.95. The molecule has 2 unspecified atom stereocenters. The molecule has 1 aromatic carbocycles. The van der Waals surface area contributed by atoms with Crippen LogP contribution in [0.3, 0.4) is 0 Å². The summed E-state index contributed by atoms with van der Waals surface area (Å²) in [5.41, 5.74) is 0. The van der Waals surface area contributed by atoms with E-state index in [0.29, 0.717) is 26.1 Å². The monoisotopic (exact) mass is 342 g/mol. The van der Waals surface area contributed by atoms with E-state index < -0.39 is 6.10 Å². The van der Waals surface area contributed by atoms with Crippen LogP contribution >= 0.6 is 0 Å². The first-order chi connectivity index (χ1) is 12.2. The Morgan fingerprint density at radius 1 is 1.32 bits per heavy atom. The number of benzene rings is 1. The predicted octanol–water partition coefficient (Wildman–Crippen LogP) is 1.00. The van der Waals surface area contributed by atoms with E-state index in [1.807, 2.05) is 35.2 Å². The van der Waals surface area contributed by atoms with Crippen molar-refractivity contribution in [2.24, 2.45) is 0 Å². The van der Waals surface area contributed by atoms with Crippen LogP contribution in [0.1, 0.15) is 12.8 Å². The standard InChI is InChI=1S/C18H22N4O3/c23-16-13-22(17-12-19-8-9-20-17)10-6-15(16)21-18(24)7-11-25-14-4-2-1-3-5-14/h1-5,8-9,12,15-16,23H,6-7,10-11,13H2,(H,21,24). The van der Waals surface area contributed by atoms with Crippen LogP contribution in [0.5, 0.6) is 5.75 Å². The van der Waals surface area contributed by atoms with Gasteiger partial charge in [0.15, 0.2) is 0 Å². The van der Waals surface area contributed by atoms with Gasteiger partial charge in [-0.2, -0.15) is 0 Å². The molecule has 1 aliphatic rings. The van der Waals surface area contributed by atoms with Gasteiger partial charge in [0.25, 0.3) is 0 Å². The van der Waals surface area contributed by atoms with E-state index in [1.165, 1.54) is 0 Å². The molecule has 1 aromatic heterocycles. The molecule has 1 fully saturated rings. The summed E-state index contributed by atoms with van der Waals surface area (Å²) in [7, 11) is 0. The molecule has 1 amide bonds. The number of aliphatic hydroxyl groups excluding tert-OH is 1. The minimum Gasteiger partial charge on any atom is -0.493 e. The number of rotatable bonds is 6. The van der Waals surface area contributed by atoms with Crippen molar-refractivity contribution in [1.82, 2.24) is 15.3 Å². The molecule has 2 heterocycles. The summed E-state index contributed by atoms with van der Waals surface area (Å²) >= 11 is 0. The fourth-order valence-corrected chi connectivity index (χ4v) is 2.82. The van der Waals surface area contributed by atoms with Crippen LogP contribution in [0.15, 0.2) is 48.9 Å². The molecule has 2 aromatic rings. The van der Waals surface area contributed by atoms with E-state index in [0.717, 1.165) is 11.6 Å². The summed E-state index contributed by atoms with van der Waals surface area (Å²) in [6.45, 7) is 1.44. The van der Waals surface area contributed by atoms with Crippen LogP contribution < -0.4 is 15.0 Å². The van der Waals surface area contributed by atoms with Crippen LogP contribution in [0.25, 0.3) is 0 Å². The van der Waals surface area contributed by atoms with Crippen molar-refractivity contribution in [2.45, 2.75) is 25.0 Å². The van der Waals surface area contributed by atoms with Gasteiger partial charge in [0, 0.05) is 25.5 Å². The summed E-state index contributed by atoms with van der Waals surface area (Å²) in [5, 5.41) is 13.2. The van der Waals surface area contributed by atoms with Gasteiger partial charge < -0.3 is 20.1 Å².